The van der Waals surface area contributed by atoms with Crippen molar-refractivity contribution in [1.82, 2.24) is 8.96 Å². The van der Waals surface area contributed by atoms with E-state index in [0.717, 1.165) is 16.1 Å². The fourth-order valence-corrected chi connectivity index (χ4v) is 4.65. The molecule has 12 heteroatoms. The maximum absolute atomic E-state index is 13.3. The smallest absolute Gasteiger partial charge is 0.303 e. The van der Waals surface area contributed by atoms with Crippen molar-refractivity contribution in [1.29, 1.82) is 0 Å². The monoisotopic (exact) mass is 438 g/mol. The molecule has 0 aliphatic rings. The summed E-state index contributed by atoms with van der Waals surface area (Å²) in [5.41, 5.74) is 5.67. The van der Waals surface area contributed by atoms with Gasteiger partial charge in [-0.15, -0.1) is 0 Å². The first kappa shape index (κ1) is 20.6. The molecule has 0 aliphatic carbocycles. The van der Waals surface area contributed by atoms with Crippen LogP contribution in [-0.2, 0) is 21.2 Å². The van der Waals surface area contributed by atoms with E-state index < -0.39 is 26.6 Å². The molecule has 10 nitrogen and oxygen atoms in total. The van der Waals surface area contributed by atoms with Crippen LogP contribution in [0, 0.1) is 10.1 Å². The first-order chi connectivity index (χ1) is 13.6. The number of nitrogen functional groups attached to an aromatic ring is 1. The summed E-state index contributed by atoms with van der Waals surface area (Å²) in [5, 5.41) is 20.2. The summed E-state index contributed by atoms with van der Waals surface area (Å²) in [6, 6.07) is 7.61. The van der Waals surface area contributed by atoms with Gasteiger partial charge in [-0.05, 0) is 43.2 Å². The van der Waals surface area contributed by atoms with Gasteiger partial charge in [0.15, 0.2) is 0 Å². The number of anilines is 1. The normalized spacial score (nSPS) is 11.6. The topological polar surface area (TPSA) is 158 Å². The number of carboxylic acid groups (broad SMARTS) is 1. The lowest BCUT2D eigenvalue weighted by molar-refractivity contribution is -0.384. The molecule has 0 saturated heterocycles. The van der Waals surface area contributed by atoms with E-state index >= 15 is 0 Å². The molecule has 3 aromatic rings. The number of benzene rings is 1. The van der Waals surface area contributed by atoms with E-state index in [1.807, 2.05) is 0 Å². The van der Waals surface area contributed by atoms with Gasteiger partial charge in [0.05, 0.1) is 20.9 Å². The van der Waals surface area contributed by atoms with E-state index in [1.54, 1.807) is 0 Å². The molecule has 0 aliphatic heterocycles. The Morgan fingerprint density at radius 1 is 1.28 bits per heavy atom. The second kappa shape index (κ2) is 7.68. The molecule has 0 fully saturated rings. The van der Waals surface area contributed by atoms with Crippen molar-refractivity contribution in [3.05, 3.63) is 57.4 Å². The number of nitro groups is 1. The first-order valence-corrected chi connectivity index (χ1v) is 10.1. The molecule has 2 aromatic heterocycles. The van der Waals surface area contributed by atoms with Gasteiger partial charge in [-0.2, -0.15) is 0 Å². The van der Waals surface area contributed by atoms with E-state index in [0.29, 0.717) is 5.52 Å². The Hall–Kier alpha value is -3.18. The zero-order valence-corrected chi connectivity index (χ0v) is 16.4. The number of rotatable bonds is 7. The quantitative estimate of drug-likeness (QED) is 0.246. The van der Waals surface area contributed by atoms with Crippen LogP contribution in [0.4, 0.5) is 11.4 Å². The maximum atomic E-state index is 13.3. The number of fused-ring (bicyclic) bond motifs is 1. The van der Waals surface area contributed by atoms with Crippen molar-refractivity contribution in [2.24, 2.45) is 0 Å². The number of nitrogens with two attached hydrogens (primary N) is 1. The Kier molecular flexibility index (Phi) is 5.44. The van der Waals surface area contributed by atoms with Gasteiger partial charge in [0.1, 0.15) is 10.8 Å². The minimum Gasteiger partial charge on any atom is -0.481 e. The van der Waals surface area contributed by atoms with Crippen LogP contribution in [-0.4, -0.2) is 33.4 Å². The van der Waals surface area contributed by atoms with E-state index in [9.17, 15) is 23.3 Å². The van der Waals surface area contributed by atoms with E-state index in [4.69, 9.17) is 22.4 Å². The number of carboxylic acids is 1. The number of hydrogen-bond donors (Lipinski definition) is 2. The van der Waals surface area contributed by atoms with Crippen LogP contribution in [0.25, 0.3) is 11.0 Å². The van der Waals surface area contributed by atoms with Crippen molar-refractivity contribution in [2.75, 3.05) is 5.73 Å². The summed E-state index contributed by atoms with van der Waals surface area (Å²) in [7, 11) is -4.26. The third kappa shape index (κ3) is 4.00. The molecular formula is C17H15ClN4O6S. The van der Waals surface area contributed by atoms with Gasteiger partial charge in [-0.25, -0.2) is 17.4 Å². The zero-order chi connectivity index (χ0) is 21.3. The SMILES string of the molecule is Nc1ccc(S(=O)(=O)n2c(CCCC(=O)O)cc3nc(Cl)ccc32)cc1[N+](=O)[O-]. The molecule has 0 atom stereocenters. The van der Waals surface area contributed by atoms with Gasteiger partial charge in [0, 0.05) is 18.2 Å². The number of halogens is 1. The molecule has 3 N–H and O–H groups in total. The maximum Gasteiger partial charge on any atom is 0.303 e. The highest BCUT2D eigenvalue weighted by Crippen LogP contribution is 2.30. The van der Waals surface area contributed by atoms with Crippen LogP contribution in [0.5, 0.6) is 0 Å². The molecule has 0 spiro atoms. The van der Waals surface area contributed by atoms with Crippen molar-refractivity contribution in [2.45, 2.75) is 24.2 Å². The minimum atomic E-state index is -4.26. The van der Waals surface area contributed by atoms with Crippen LogP contribution >= 0.6 is 11.6 Å². The number of carbonyl (C=O) groups is 1. The molecule has 0 amide bonds. The largest absolute Gasteiger partial charge is 0.481 e. The first-order valence-electron chi connectivity index (χ1n) is 8.29. The van der Waals surface area contributed by atoms with Crippen molar-refractivity contribution >= 4 is 50.0 Å². The predicted molar refractivity (Wildman–Crippen MR) is 105 cm³/mol. The highest BCUT2D eigenvalue weighted by atomic mass is 35.5. The lowest BCUT2D eigenvalue weighted by atomic mass is 10.2. The second-order valence-electron chi connectivity index (χ2n) is 6.17. The van der Waals surface area contributed by atoms with E-state index in [2.05, 4.69) is 4.98 Å². The third-order valence-electron chi connectivity index (χ3n) is 4.21. The van der Waals surface area contributed by atoms with Crippen LogP contribution in [0.3, 0.4) is 0 Å². The van der Waals surface area contributed by atoms with E-state index in [-0.39, 0.29) is 46.2 Å². The fourth-order valence-electron chi connectivity index (χ4n) is 2.92. The summed E-state index contributed by atoms with van der Waals surface area (Å²) in [6.45, 7) is 0. The number of nitrogens with zero attached hydrogens (tertiary/aromatic N) is 3. The molecular weight excluding hydrogens is 424 g/mol. The van der Waals surface area contributed by atoms with E-state index in [1.165, 1.54) is 24.3 Å². The summed E-state index contributed by atoms with van der Waals surface area (Å²) in [4.78, 5) is 25.0. The van der Waals surface area contributed by atoms with Crippen LogP contribution < -0.4 is 5.73 Å². The molecule has 0 bridgehead atoms. The van der Waals surface area contributed by atoms with Gasteiger partial charge >= 0.3 is 5.97 Å². The lowest BCUT2D eigenvalue weighted by Crippen LogP contribution is -2.16. The number of aliphatic carboxylic acids is 1. The zero-order valence-electron chi connectivity index (χ0n) is 14.8. The number of aromatic nitrogens is 2. The standard InChI is InChI=1S/C17H15ClN4O6S/c18-16-7-6-14-13(20-16)8-10(2-1-3-17(23)24)21(14)29(27,28)11-4-5-12(19)15(9-11)22(25)26/h4-9H,1-3,19H2,(H,23,24). The molecule has 0 saturated carbocycles. The molecule has 0 unspecified atom stereocenters. The molecule has 1 aromatic carbocycles. The molecule has 3 rings (SSSR count). The number of pyridine rings is 1. The minimum absolute atomic E-state index is 0.135. The number of nitro benzene ring substituents is 1. The van der Waals surface area contributed by atoms with Crippen LogP contribution in [0.15, 0.2) is 41.3 Å². The third-order valence-corrected chi connectivity index (χ3v) is 6.18. The molecule has 0 radical (unpaired) electrons. The summed E-state index contributed by atoms with van der Waals surface area (Å²) in [6.07, 6.45) is 0.177. The Morgan fingerprint density at radius 2 is 2.00 bits per heavy atom. The van der Waals surface area contributed by atoms with Crippen LogP contribution in [0.1, 0.15) is 18.5 Å². The average Bonchev–Trinajstić information content (AvgIpc) is 2.99. The number of hydrogen-bond acceptors (Lipinski definition) is 7. The lowest BCUT2D eigenvalue weighted by Gasteiger charge is -2.12. The fraction of sp³-hybridized carbons (Fsp3) is 0.176. The van der Waals surface area contributed by atoms with Gasteiger partial charge in [-0.1, -0.05) is 11.6 Å². The average molecular weight is 439 g/mol. The second-order valence-corrected chi connectivity index (χ2v) is 8.34. The summed E-state index contributed by atoms with van der Waals surface area (Å²) in [5.74, 6) is -1.01. The van der Waals surface area contributed by atoms with Gasteiger partial charge in [0.25, 0.3) is 15.7 Å². The van der Waals surface area contributed by atoms with Crippen molar-refractivity contribution in [3.8, 4) is 0 Å². The molecule has 152 valence electrons. The predicted octanol–water partition coefficient (Wildman–Crippen LogP) is 2.82. The highest BCUT2D eigenvalue weighted by Gasteiger charge is 2.26. The molecule has 2 heterocycles. The Balaban J connectivity index is 2.19. The molecule has 29 heavy (non-hydrogen) atoms. The van der Waals surface area contributed by atoms with Gasteiger partial charge in [-0.3, -0.25) is 14.9 Å². The van der Waals surface area contributed by atoms with Crippen LogP contribution in [0.2, 0.25) is 5.15 Å². The van der Waals surface area contributed by atoms with Gasteiger partial charge in [0.2, 0.25) is 0 Å². The highest BCUT2D eigenvalue weighted by molar-refractivity contribution is 7.90. The Morgan fingerprint density at radius 3 is 2.66 bits per heavy atom. The summed E-state index contributed by atoms with van der Waals surface area (Å²) >= 11 is 5.89. The van der Waals surface area contributed by atoms with Crippen molar-refractivity contribution in [3.63, 3.8) is 0 Å². The van der Waals surface area contributed by atoms with Gasteiger partial charge < -0.3 is 10.8 Å². The Bertz CT molecular complexity index is 1240. The summed E-state index contributed by atoms with van der Waals surface area (Å²) < 4.78 is 27.6. The Labute approximate surface area is 169 Å². The van der Waals surface area contributed by atoms with Crippen molar-refractivity contribution < 1.29 is 23.2 Å². The number of aryl methyl sites for hydroxylation is 1.